The summed E-state index contributed by atoms with van der Waals surface area (Å²) in [4.78, 5) is 0. The molecule has 16 nitrogen and oxygen atoms in total. The van der Waals surface area contributed by atoms with Crippen molar-refractivity contribution in [3.8, 4) is 0 Å². The second-order valence-electron chi connectivity index (χ2n) is 1.39. The van der Waals surface area contributed by atoms with Gasteiger partial charge in [0.2, 0.25) is 0 Å². The molecule has 0 spiro atoms. The Morgan fingerprint density at radius 3 is 0.333 bits per heavy atom. The third-order valence-electron chi connectivity index (χ3n) is 0. The van der Waals surface area contributed by atoms with Gasteiger partial charge in [-0.05, 0) is 0 Å². The zero-order valence-corrected chi connectivity index (χ0v) is 13.8. The Balaban J connectivity index is -0.00000001000. The molecular weight excluding hydrogens is 338 g/mol. The summed E-state index contributed by atoms with van der Waals surface area (Å²) in [5.74, 6) is 0. The van der Waals surface area contributed by atoms with E-state index in [2.05, 4.69) is 0 Å². The van der Waals surface area contributed by atoms with E-state index in [0.717, 1.165) is 0 Å². The smallest absolute Gasteiger partial charge is 1.00 e. The number of hydrogen-bond acceptors (Lipinski definition) is 12. The fourth-order valence-electron chi connectivity index (χ4n) is 0. The first-order valence-electron chi connectivity index (χ1n) is 3.10. The molecule has 0 amide bonds. The van der Waals surface area contributed by atoms with Crippen molar-refractivity contribution in [2.24, 2.45) is 0 Å². The molecule has 0 aliphatic carbocycles. The molecule has 0 aromatic heterocycles. The van der Waals surface area contributed by atoms with Gasteiger partial charge in [-0.25, -0.2) is 0 Å². The van der Waals surface area contributed by atoms with Crippen LogP contribution in [-0.4, -0.2) is 111 Å². The summed E-state index contributed by atoms with van der Waals surface area (Å²) in [6, 6.07) is 0. The first kappa shape index (κ1) is 57.2. The van der Waals surface area contributed by atoms with Crippen LogP contribution in [0.25, 0.3) is 0 Å². The molecule has 0 aliphatic heterocycles. The summed E-state index contributed by atoms with van der Waals surface area (Å²) in [6.07, 6.45) is 0. The van der Waals surface area contributed by atoms with Crippen molar-refractivity contribution in [2.75, 3.05) is 0 Å². The summed E-state index contributed by atoms with van der Waals surface area (Å²) < 4.78 is 0. The van der Waals surface area contributed by atoms with Gasteiger partial charge in [0.15, 0.2) is 0 Å². The van der Waals surface area contributed by atoms with Crippen LogP contribution in [0.2, 0.25) is 0 Å². The second kappa shape index (κ2) is 49.6. The van der Waals surface area contributed by atoms with Crippen LogP contribution in [0.4, 0.5) is 0 Å². The van der Waals surface area contributed by atoms with Gasteiger partial charge >= 0.3 is 80.7 Å². The van der Waals surface area contributed by atoms with Crippen LogP contribution in [0.3, 0.4) is 0 Å². The monoisotopic (exact) mass is 360 g/mol. The van der Waals surface area contributed by atoms with Gasteiger partial charge in [-0.15, -0.1) is 0 Å². The predicted octanol–water partition coefficient (Wildman–Crippen LogP) is -14.4. The Morgan fingerprint density at radius 2 is 0.333 bits per heavy atom. The maximum absolute atomic E-state index is 7.17. The van der Waals surface area contributed by atoms with E-state index in [1.54, 1.807) is 0 Å². The van der Waals surface area contributed by atoms with E-state index in [9.17, 15) is 0 Å². The second-order valence-corrected chi connectivity index (χ2v) is 1.39. The molecule has 0 rings (SSSR count). The van der Waals surface area contributed by atoms with Crippen molar-refractivity contribution < 1.29 is 135 Å². The minimum absolute atomic E-state index is 0. The summed E-state index contributed by atoms with van der Waals surface area (Å²) in [5, 5.41) is 86.0. The van der Waals surface area contributed by atoms with Crippen LogP contribution in [-0.2, 0) is 0 Å². The number of rotatable bonds is 0. The molecule has 0 bridgehead atoms. The molecule has 20 N–H and O–H groups in total. The summed E-state index contributed by atoms with van der Waals surface area (Å²) >= 11 is 0. The molecule has 130 valence electrons. The van der Waals surface area contributed by atoms with Crippen molar-refractivity contribution >= 4 is 29.3 Å². The molecule has 0 saturated carbocycles. The van der Waals surface area contributed by atoms with Crippen molar-refractivity contribution in [1.29, 1.82) is 0 Å². The number of hydrogen-bond donors (Lipinski definition) is 12. The van der Waals surface area contributed by atoms with E-state index in [-0.39, 0.29) is 74.7 Å². The van der Waals surface area contributed by atoms with Crippen molar-refractivity contribution in [3.05, 3.63) is 0 Å². The topological polar surface area (TPSA) is 369 Å². The van der Waals surface area contributed by atoms with Gasteiger partial charge in [0, 0.05) is 0 Å². The van der Waals surface area contributed by atoms with Gasteiger partial charge < -0.3 is 83.6 Å². The molecule has 21 heavy (non-hydrogen) atoms. The quantitative estimate of drug-likeness (QED) is 0.179. The van der Waals surface area contributed by atoms with E-state index < -0.39 is 29.3 Å². The third kappa shape index (κ3) is 5000. The fraction of sp³-hybridized carbons (Fsp3) is 0. The molecule has 0 atom stereocenters. The Labute approximate surface area is 163 Å². The first-order valence-corrected chi connectivity index (χ1v) is 3.10. The Morgan fingerprint density at radius 1 is 0.333 bits per heavy atom. The maximum Gasteiger partial charge on any atom is 1.00 e. The van der Waals surface area contributed by atoms with E-state index in [1.807, 2.05) is 0 Å². The van der Waals surface area contributed by atoms with E-state index in [4.69, 9.17) is 60.3 Å². The van der Waals surface area contributed by atoms with Gasteiger partial charge in [0.1, 0.15) is 0 Å². The molecule has 0 radical (unpaired) electrons. The molecule has 21 heteroatoms. The van der Waals surface area contributed by atoms with Crippen molar-refractivity contribution in [2.45, 2.75) is 0 Å². The summed E-state index contributed by atoms with van der Waals surface area (Å²) in [6.45, 7) is 0. The third-order valence-corrected chi connectivity index (χ3v) is 0. The first-order chi connectivity index (χ1) is 6.93. The van der Waals surface area contributed by atoms with Crippen LogP contribution < -0.4 is 51.4 Å². The minimum atomic E-state index is -2.17. The average molecular weight is 359 g/mol. The van der Waals surface area contributed by atoms with Gasteiger partial charge in [-0.3, -0.25) is 0 Å². The van der Waals surface area contributed by atoms with E-state index in [0.29, 0.717) is 0 Å². The van der Waals surface area contributed by atoms with Crippen LogP contribution in [0.5, 0.6) is 0 Å². The summed E-state index contributed by atoms with van der Waals surface area (Å²) in [7, 11) is -8.67. The van der Waals surface area contributed by atoms with E-state index in [1.165, 1.54) is 0 Å². The van der Waals surface area contributed by atoms with Gasteiger partial charge in [0.05, 0.1) is 0 Å². The minimum Gasteiger partial charge on any atom is -1.00 e. The molecule has 0 saturated heterocycles. The maximum atomic E-state index is 7.17. The van der Waals surface area contributed by atoms with Crippen LogP contribution in [0.1, 0.15) is 1.43 Å². The van der Waals surface area contributed by atoms with Crippen LogP contribution in [0.15, 0.2) is 0 Å². The summed E-state index contributed by atoms with van der Waals surface area (Å²) in [5.41, 5.74) is 0. The Kier molecular flexibility index (Phi) is 135. The standard InChI is InChI=1S/4BH3O3.K.4H2O.H/c4*2-1(3)4;;;;;;/h4*2-4H;;4*1H2;/q;;;;+1;;;;;-1. The normalized spacial score (nSPS) is 5.14. The molecule has 0 aliphatic rings. The van der Waals surface area contributed by atoms with Gasteiger partial charge in [-0.2, -0.15) is 0 Å². The van der Waals surface area contributed by atoms with Crippen LogP contribution >= 0.6 is 0 Å². The zero-order chi connectivity index (χ0) is 14.3. The average Bonchev–Trinajstić information content (AvgIpc) is 1.76. The van der Waals surface area contributed by atoms with Crippen LogP contribution in [0, 0.1) is 0 Å². The zero-order valence-electron chi connectivity index (χ0n) is 11.7. The molecular formula is H21B4KO16. The largest absolute Gasteiger partial charge is 1.00 e. The van der Waals surface area contributed by atoms with Gasteiger partial charge in [-0.1, -0.05) is 0 Å². The SMILES string of the molecule is O.O.O.O.OB(O)O.OB(O)O.OB(O)O.OB(O)O.[H-].[K+]. The predicted molar refractivity (Wildman–Crippen MR) is 65.2 cm³/mol. The Bertz CT molecular complexity index is 69.1. The van der Waals surface area contributed by atoms with E-state index >= 15 is 0 Å². The van der Waals surface area contributed by atoms with Crippen molar-refractivity contribution in [3.63, 3.8) is 0 Å². The molecule has 0 aromatic rings. The molecule has 0 fully saturated rings. The van der Waals surface area contributed by atoms with Crippen molar-refractivity contribution in [1.82, 2.24) is 0 Å². The molecule has 0 heterocycles. The molecule has 0 aromatic carbocycles. The van der Waals surface area contributed by atoms with Gasteiger partial charge in [0.25, 0.3) is 0 Å². The molecule has 0 unspecified atom stereocenters. The fourth-order valence-corrected chi connectivity index (χ4v) is 0. The Hall–Kier alpha value is 1.26.